The van der Waals surface area contributed by atoms with Crippen molar-refractivity contribution < 1.29 is 14.3 Å². The highest BCUT2D eigenvalue weighted by Gasteiger charge is 2.20. The van der Waals surface area contributed by atoms with Crippen LogP contribution < -0.4 is 15.2 Å². The molecule has 6 heteroatoms. The van der Waals surface area contributed by atoms with Gasteiger partial charge in [-0.25, -0.2) is 0 Å². The standard InChI is InChI=1S/C17H28N2O3S/c1-17(2,11-18)12-19(3)16(20)8-9-23-13-6-7-14(21-4)15(10-13)22-5/h6-7,10H,8-9,11-12,18H2,1-5H3. The molecule has 0 saturated carbocycles. The maximum absolute atomic E-state index is 12.2. The molecule has 1 amide bonds. The first-order chi connectivity index (χ1) is 10.8. The number of hydrogen-bond donors (Lipinski definition) is 1. The minimum absolute atomic E-state index is 0.0547. The molecule has 0 saturated heterocycles. The summed E-state index contributed by atoms with van der Waals surface area (Å²) in [7, 11) is 5.06. The molecule has 0 aliphatic carbocycles. The zero-order valence-electron chi connectivity index (χ0n) is 14.7. The number of benzene rings is 1. The highest BCUT2D eigenvalue weighted by atomic mass is 32.2. The van der Waals surface area contributed by atoms with Gasteiger partial charge >= 0.3 is 0 Å². The molecular weight excluding hydrogens is 312 g/mol. The van der Waals surface area contributed by atoms with Crippen molar-refractivity contribution in [3.63, 3.8) is 0 Å². The summed E-state index contributed by atoms with van der Waals surface area (Å²) in [5.74, 6) is 2.27. The lowest BCUT2D eigenvalue weighted by atomic mass is 9.93. The van der Waals surface area contributed by atoms with Crippen LogP contribution in [0.5, 0.6) is 11.5 Å². The second kappa shape index (κ2) is 9.03. The van der Waals surface area contributed by atoms with E-state index in [1.165, 1.54) is 0 Å². The first kappa shape index (κ1) is 19.6. The Balaban J connectivity index is 2.49. The van der Waals surface area contributed by atoms with Crippen molar-refractivity contribution in [3.05, 3.63) is 18.2 Å². The number of hydrogen-bond acceptors (Lipinski definition) is 5. The summed E-state index contributed by atoms with van der Waals surface area (Å²) >= 11 is 1.63. The third kappa shape index (κ3) is 6.31. The van der Waals surface area contributed by atoms with E-state index in [0.717, 1.165) is 10.6 Å². The van der Waals surface area contributed by atoms with Crippen molar-refractivity contribution in [2.75, 3.05) is 40.1 Å². The summed E-state index contributed by atoms with van der Waals surface area (Å²) < 4.78 is 10.5. The predicted octanol–water partition coefficient (Wildman–Crippen LogP) is 2.63. The van der Waals surface area contributed by atoms with E-state index in [-0.39, 0.29) is 11.3 Å². The van der Waals surface area contributed by atoms with E-state index in [2.05, 4.69) is 13.8 Å². The summed E-state index contributed by atoms with van der Waals surface area (Å²) in [6.45, 7) is 5.36. The molecule has 23 heavy (non-hydrogen) atoms. The molecule has 0 fully saturated rings. The van der Waals surface area contributed by atoms with Gasteiger partial charge in [0, 0.05) is 30.7 Å². The second-order valence-electron chi connectivity index (χ2n) is 6.23. The molecular formula is C17H28N2O3S. The monoisotopic (exact) mass is 340 g/mol. The lowest BCUT2D eigenvalue weighted by Gasteiger charge is -2.29. The van der Waals surface area contributed by atoms with Crippen LogP contribution in [0.3, 0.4) is 0 Å². The fraction of sp³-hybridized carbons (Fsp3) is 0.588. The molecule has 0 bridgehead atoms. The topological polar surface area (TPSA) is 64.8 Å². The molecule has 0 aliphatic heterocycles. The SMILES string of the molecule is COc1ccc(SCCC(=O)N(C)CC(C)(C)CN)cc1OC. The Kier molecular flexibility index (Phi) is 7.72. The van der Waals surface area contributed by atoms with Crippen LogP contribution in [0.2, 0.25) is 0 Å². The van der Waals surface area contributed by atoms with Crippen molar-refractivity contribution in [1.82, 2.24) is 4.90 Å². The van der Waals surface area contributed by atoms with Gasteiger partial charge < -0.3 is 20.1 Å². The smallest absolute Gasteiger partial charge is 0.223 e. The summed E-state index contributed by atoms with van der Waals surface area (Å²) in [4.78, 5) is 15.0. The van der Waals surface area contributed by atoms with Crippen molar-refractivity contribution in [2.24, 2.45) is 11.1 Å². The zero-order valence-corrected chi connectivity index (χ0v) is 15.5. The highest BCUT2D eigenvalue weighted by Crippen LogP contribution is 2.32. The van der Waals surface area contributed by atoms with E-state index in [0.29, 0.717) is 31.0 Å². The van der Waals surface area contributed by atoms with Crippen molar-refractivity contribution >= 4 is 17.7 Å². The Bertz CT molecular complexity index is 521. The van der Waals surface area contributed by atoms with Gasteiger partial charge in [0.2, 0.25) is 5.91 Å². The molecule has 1 aromatic rings. The minimum atomic E-state index is -0.0547. The lowest BCUT2D eigenvalue weighted by molar-refractivity contribution is -0.130. The summed E-state index contributed by atoms with van der Waals surface area (Å²) in [5, 5.41) is 0. The Hall–Kier alpha value is -1.40. The third-order valence-corrected chi connectivity index (χ3v) is 4.58. The number of nitrogens with two attached hydrogens (primary N) is 1. The van der Waals surface area contributed by atoms with Gasteiger partial charge in [-0.15, -0.1) is 11.8 Å². The van der Waals surface area contributed by atoms with Crippen molar-refractivity contribution in [2.45, 2.75) is 25.2 Å². The van der Waals surface area contributed by atoms with Gasteiger partial charge in [-0.2, -0.15) is 0 Å². The average Bonchev–Trinajstić information content (AvgIpc) is 2.54. The van der Waals surface area contributed by atoms with Crippen LogP contribution in [-0.2, 0) is 4.79 Å². The summed E-state index contributed by atoms with van der Waals surface area (Å²) in [6.07, 6.45) is 0.496. The Morgan fingerprint density at radius 1 is 1.26 bits per heavy atom. The molecule has 0 aliphatic rings. The van der Waals surface area contributed by atoms with E-state index in [1.54, 1.807) is 30.9 Å². The lowest BCUT2D eigenvalue weighted by Crippen LogP contribution is -2.39. The van der Waals surface area contributed by atoms with Crippen molar-refractivity contribution in [3.8, 4) is 11.5 Å². The molecule has 130 valence electrons. The second-order valence-corrected chi connectivity index (χ2v) is 7.40. The number of carbonyl (C=O) groups is 1. The third-order valence-electron chi connectivity index (χ3n) is 3.58. The van der Waals surface area contributed by atoms with E-state index in [4.69, 9.17) is 15.2 Å². The Morgan fingerprint density at radius 2 is 1.91 bits per heavy atom. The molecule has 0 unspecified atom stereocenters. The summed E-state index contributed by atoms with van der Waals surface area (Å²) in [6, 6.07) is 5.77. The number of ether oxygens (including phenoxy) is 2. The van der Waals surface area contributed by atoms with E-state index < -0.39 is 0 Å². The van der Waals surface area contributed by atoms with Gasteiger partial charge in [0.05, 0.1) is 14.2 Å². The number of amides is 1. The van der Waals surface area contributed by atoms with Crippen LogP contribution in [0.25, 0.3) is 0 Å². The predicted molar refractivity (Wildman–Crippen MR) is 95.4 cm³/mol. The van der Waals surface area contributed by atoms with E-state index in [9.17, 15) is 4.79 Å². The van der Waals surface area contributed by atoms with Gasteiger partial charge in [0.15, 0.2) is 11.5 Å². The molecule has 0 radical (unpaired) electrons. The maximum Gasteiger partial charge on any atom is 0.223 e. The van der Waals surface area contributed by atoms with Gasteiger partial charge in [0.25, 0.3) is 0 Å². The van der Waals surface area contributed by atoms with Crippen LogP contribution in [0.4, 0.5) is 0 Å². The maximum atomic E-state index is 12.2. The fourth-order valence-corrected chi connectivity index (χ4v) is 3.02. The van der Waals surface area contributed by atoms with Crippen LogP contribution in [0.15, 0.2) is 23.1 Å². The molecule has 0 atom stereocenters. The molecule has 0 heterocycles. The van der Waals surface area contributed by atoms with E-state index >= 15 is 0 Å². The van der Waals surface area contributed by atoms with Gasteiger partial charge in [0.1, 0.15) is 0 Å². The molecule has 5 nitrogen and oxygen atoms in total. The minimum Gasteiger partial charge on any atom is -0.493 e. The molecule has 0 aromatic heterocycles. The Labute approximate surface area is 143 Å². The van der Waals surface area contributed by atoms with Crippen molar-refractivity contribution in [1.29, 1.82) is 0 Å². The quantitative estimate of drug-likeness (QED) is 0.700. The molecule has 0 spiro atoms. The summed E-state index contributed by atoms with van der Waals surface area (Å²) in [5.41, 5.74) is 5.66. The molecule has 1 aromatic carbocycles. The molecule has 2 N–H and O–H groups in total. The first-order valence-electron chi connectivity index (χ1n) is 7.62. The number of nitrogens with zero attached hydrogens (tertiary/aromatic N) is 1. The number of rotatable bonds is 9. The van der Waals surface area contributed by atoms with E-state index in [1.807, 2.05) is 25.2 Å². The number of thioether (sulfide) groups is 1. The van der Waals surface area contributed by atoms with Crippen LogP contribution in [0, 0.1) is 5.41 Å². The van der Waals surface area contributed by atoms with Crippen LogP contribution in [-0.4, -0.2) is 50.9 Å². The van der Waals surface area contributed by atoms with Crippen LogP contribution >= 0.6 is 11.8 Å². The highest BCUT2D eigenvalue weighted by molar-refractivity contribution is 7.99. The first-order valence-corrected chi connectivity index (χ1v) is 8.60. The zero-order chi connectivity index (χ0) is 17.5. The normalized spacial score (nSPS) is 11.2. The number of methoxy groups -OCH3 is 2. The average molecular weight is 340 g/mol. The van der Waals surface area contributed by atoms with Gasteiger partial charge in [-0.3, -0.25) is 4.79 Å². The van der Waals surface area contributed by atoms with Gasteiger partial charge in [-0.1, -0.05) is 13.8 Å². The largest absolute Gasteiger partial charge is 0.493 e. The molecule has 1 rings (SSSR count). The van der Waals surface area contributed by atoms with Crippen LogP contribution in [0.1, 0.15) is 20.3 Å². The Morgan fingerprint density at radius 3 is 2.48 bits per heavy atom. The van der Waals surface area contributed by atoms with Gasteiger partial charge in [-0.05, 0) is 30.2 Å². The fourth-order valence-electron chi connectivity index (χ4n) is 2.15. The number of carbonyl (C=O) groups excluding carboxylic acids is 1.